The number of hydrogen-bond donors (Lipinski definition) is 2. The van der Waals surface area contributed by atoms with Crippen molar-refractivity contribution in [2.24, 2.45) is 4.99 Å². The molecule has 1 aromatic rings. The summed E-state index contributed by atoms with van der Waals surface area (Å²) in [6.45, 7) is 11.9. The second-order valence-corrected chi connectivity index (χ2v) is 8.20. The van der Waals surface area contributed by atoms with Gasteiger partial charge in [-0.25, -0.2) is 13.1 Å². The minimum absolute atomic E-state index is 0.169. The standard InChI is InChI=1S/C18H32N6O2S/c1-4-20-18(24-13-9-16(15-24)23(5-2)6-3)21-11-12-22-27(25,26)17-8-7-10-19-14-17/h7-8,10,14,16,22H,4-6,9,11-13,15H2,1-3H3,(H,20,21). The molecule has 0 radical (unpaired) electrons. The van der Waals surface area contributed by atoms with Gasteiger partial charge in [0.15, 0.2) is 5.96 Å². The lowest BCUT2D eigenvalue weighted by molar-refractivity contribution is 0.223. The van der Waals surface area contributed by atoms with Gasteiger partial charge in [0, 0.05) is 44.6 Å². The van der Waals surface area contributed by atoms with Gasteiger partial charge in [-0.1, -0.05) is 13.8 Å². The highest BCUT2D eigenvalue weighted by Crippen LogP contribution is 2.15. The van der Waals surface area contributed by atoms with Gasteiger partial charge in [0.25, 0.3) is 0 Å². The summed E-state index contributed by atoms with van der Waals surface area (Å²) in [4.78, 5) is 13.4. The number of guanidine groups is 1. The summed E-state index contributed by atoms with van der Waals surface area (Å²) in [5, 5.41) is 3.32. The van der Waals surface area contributed by atoms with Crippen LogP contribution in [-0.2, 0) is 10.0 Å². The number of rotatable bonds is 9. The maximum absolute atomic E-state index is 12.2. The minimum Gasteiger partial charge on any atom is -0.357 e. The topological polar surface area (TPSA) is 89.9 Å². The van der Waals surface area contributed by atoms with Crippen molar-refractivity contribution in [2.75, 3.05) is 45.8 Å². The smallest absolute Gasteiger partial charge is 0.242 e. The molecule has 1 fully saturated rings. The molecule has 1 aromatic heterocycles. The molecular weight excluding hydrogens is 364 g/mol. The highest BCUT2D eigenvalue weighted by atomic mass is 32.2. The van der Waals surface area contributed by atoms with E-state index in [2.05, 4.69) is 43.7 Å². The molecule has 2 N–H and O–H groups in total. The average molecular weight is 397 g/mol. The molecule has 8 nitrogen and oxygen atoms in total. The lowest BCUT2D eigenvalue weighted by Crippen LogP contribution is -2.43. The van der Waals surface area contributed by atoms with E-state index < -0.39 is 10.0 Å². The van der Waals surface area contributed by atoms with Crippen molar-refractivity contribution in [1.82, 2.24) is 24.8 Å². The second-order valence-electron chi connectivity index (χ2n) is 6.43. The quantitative estimate of drug-likeness (QED) is 0.364. The van der Waals surface area contributed by atoms with Gasteiger partial charge in [0.05, 0.1) is 6.54 Å². The van der Waals surface area contributed by atoms with Crippen LogP contribution in [0.15, 0.2) is 34.4 Å². The van der Waals surface area contributed by atoms with Crippen molar-refractivity contribution in [2.45, 2.75) is 38.1 Å². The fourth-order valence-corrected chi connectivity index (χ4v) is 4.31. The van der Waals surface area contributed by atoms with E-state index in [1.807, 2.05) is 6.92 Å². The van der Waals surface area contributed by atoms with E-state index in [0.717, 1.165) is 45.1 Å². The van der Waals surface area contributed by atoms with Crippen LogP contribution in [-0.4, -0.2) is 81.0 Å². The minimum atomic E-state index is -3.54. The summed E-state index contributed by atoms with van der Waals surface area (Å²) in [6.07, 6.45) is 4.01. The number of likely N-dealkylation sites (tertiary alicyclic amines) is 1. The molecule has 0 saturated carbocycles. The van der Waals surface area contributed by atoms with Crippen molar-refractivity contribution in [1.29, 1.82) is 0 Å². The number of likely N-dealkylation sites (N-methyl/N-ethyl adjacent to an activating group) is 1. The number of aliphatic imine (C=N–C) groups is 1. The van der Waals surface area contributed by atoms with Crippen LogP contribution in [0.5, 0.6) is 0 Å². The van der Waals surface area contributed by atoms with Crippen molar-refractivity contribution >= 4 is 16.0 Å². The zero-order valence-corrected chi connectivity index (χ0v) is 17.4. The molecule has 2 heterocycles. The van der Waals surface area contributed by atoms with Gasteiger partial charge in [-0.15, -0.1) is 0 Å². The normalized spacial score (nSPS) is 18.3. The number of sulfonamides is 1. The predicted octanol–water partition coefficient (Wildman–Crippen LogP) is 0.742. The van der Waals surface area contributed by atoms with Crippen LogP contribution in [0.4, 0.5) is 0 Å². The predicted molar refractivity (Wildman–Crippen MR) is 108 cm³/mol. The summed E-state index contributed by atoms with van der Waals surface area (Å²) in [5.74, 6) is 0.854. The van der Waals surface area contributed by atoms with Gasteiger partial charge in [0.2, 0.25) is 10.0 Å². The Labute approximate surface area is 163 Å². The molecule has 1 atom stereocenters. The lowest BCUT2D eigenvalue weighted by atomic mass is 10.2. The summed E-state index contributed by atoms with van der Waals surface area (Å²) >= 11 is 0. The summed E-state index contributed by atoms with van der Waals surface area (Å²) < 4.78 is 27.0. The molecule has 0 spiro atoms. The van der Waals surface area contributed by atoms with E-state index in [9.17, 15) is 8.42 Å². The van der Waals surface area contributed by atoms with Crippen LogP contribution in [0.2, 0.25) is 0 Å². The molecule has 0 aromatic carbocycles. The Morgan fingerprint density at radius 1 is 1.37 bits per heavy atom. The molecule has 152 valence electrons. The molecular formula is C18H32N6O2S. The van der Waals surface area contributed by atoms with Crippen molar-refractivity contribution in [3.63, 3.8) is 0 Å². The van der Waals surface area contributed by atoms with Crippen molar-refractivity contribution in [3.8, 4) is 0 Å². The van der Waals surface area contributed by atoms with Gasteiger partial charge in [0.1, 0.15) is 4.90 Å². The average Bonchev–Trinajstić information content (AvgIpc) is 3.16. The Hall–Kier alpha value is -1.71. The fraction of sp³-hybridized carbons (Fsp3) is 0.667. The third kappa shape index (κ3) is 6.15. The summed E-state index contributed by atoms with van der Waals surface area (Å²) in [5.41, 5.74) is 0. The molecule has 2 rings (SSSR count). The molecule has 1 aliphatic heterocycles. The molecule has 0 aliphatic carbocycles. The van der Waals surface area contributed by atoms with Gasteiger partial charge < -0.3 is 10.2 Å². The fourth-order valence-electron chi connectivity index (χ4n) is 3.33. The number of nitrogens with zero attached hydrogens (tertiary/aromatic N) is 4. The Kier molecular flexibility index (Phi) is 8.46. The number of pyridine rings is 1. The Morgan fingerprint density at radius 2 is 2.15 bits per heavy atom. The third-order valence-corrected chi connectivity index (χ3v) is 6.18. The van der Waals surface area contributed by atoms with Crippen molar-refractivity contribution in [3.05, 3.63) is 24.5 Å². The van der Waals surface area contributed by atoms with Gasteiger partial charge >= 0.3 is 0 Å². The molecule has 1 unspecified atom stereocenters. The first kappa shape index (κ1) is 21.6. The first-order valence-corrected chi connectivity index (χ1v) is 11.2. The van der Waals surface area contributed by atoms with E-state index in [4.69, 9.17) is 0 Å². The maximum atomic E-state index is 12.2. The largest absolute Gasteiger partial charge is 0.357 e. The van der Waals surface area contributed by atoms with E-state index in [-0.39, 0.29) is 11.4 Å². The zero-order chi connectivity index (χ0) is 19.7. The van der Waals surface area contributed by atoms with E-state index >= 15 is 0 Å². The lowest BCUT2D eigenvalue weighted by Gasteiger charge is -2.27. The van der Waals surface area contributed by atoms with Crippen LogP contribution in [0, 0.1) is 0 Å². The Morgan fingerprint density at radius 3 is 2.78 bits per heavy atom. The number of nitrogens with one attached hydrogen (secondary N) is 2. The highest BCUT2D eigenvalue weighted by molar-refractivity contribution is 7.89. The summed E-state index contributed by atoms with van der Waals surface area (Å²) in [6, 6.07) is 3.68. The van der Waals surface area contributed by atoms with Crippen LogP contribution in [0.1, 0.15) is 27.2 Å². The highest BCUT2D eigenvalue weighted by Gasteiger charge is 2.27. The molecule has 1 aliphatic rings. The van der Waals surface area contributed by atoms with Crippen LogP contribution in [0.3, 0.4) is 0 Å². The molecule has 1 saturated heterocycles. The second kappa shape index (κ2) is 10.6. The Bertz CT molecular complexity index is 691. The van der Waals surface area contributed by atoms with Gasteiger partial charge in [-0.2, -0.15) is 0 Å². The molecule has 0 amide bonds. The molecule has 9 heteroatoms. The van der Waals surface area contributed by atoms with E-state index in [1.165, 1.54) is 12.3 Å². The number of hydrogen-bond acceptors (Lipinski definition) is 5. The van der Waals surface area contributed by atoms with Crippen LogP contribution in [0.25, 0.3) is 0 Å². The van der Waals surface area contributed by atoms with Crippen LogP contribution < -0.4 is 10.0 Å². The third-order valence-electron chi connectivity index (χ3n) is 4.74. The maximum Gasteiger partial charge on any atom is 0.242 e. The molecule has 27 heavy (non-hydrogen) atoms. The first-order chi connectivity index (χ1) is 13.0. The van der Waals surface area contributed by atoms with Crippen molar-refractivity contribution < 1.29 is 8.42 Å². The van der Waals surface area contributed by atoms with E-state index in [0.29, 0.717) is 12.6 Å². The summed E-state index contributed by atoms with van der Waals surface area (Å²) in [7, 11) is -3.54. The first-order valence-electron chi connectivity index (χ1n) is 9.68. The van der Waals surface area contributed by atoms with Gasteiger partial charge in [-0.05, 0) is 38.6 Å². The van der Waals surface area contributed by atoms with Gasteiger partial charge in [-0.3, -0.25) is 14.9 Å². The Balaban J connectivity index is 1.90. The zero-order valence-electron chi connectivity index (χ0n) is 16.6. The van der Waals surface area contributed by atoms with Crippen LogP contribution >= 0.6 is 0 Å². The monoisotopic (exact) mass is 396 g/mol. The SMILES string of the molecule is CCNC(=NCCNS(=O)(=O)c1cccnc1)N1CCC(N(CC)CC)C1. The number of aromatic nitrogens is 1. The van der Waals surface area contributed by atoms with E-state index in [1.54, 1.807) is 12.3 Å². The molecule has 0 bridgehead atoms.